The van der Waals surface area contributed by atoms with Crippen LogP contribution in [0, 0.1) is 33.6 Å². The zero-order chi connectivity index (χ0) is 48.1. The average molecular weight is 931 g/mol. The quantitative estimate of drug-likeness (QED) is 0.0134. The second-order valence-corrected chi connectivity index (χ2v) is 17.3. The van der Waals surface area contributed by atoms with Gasteiger partial charge in [-0.25, -0.2) is 19.4 Å². The molecule has 0 radical (unpaired) electrons. The van der Waals surface area contributed by atoms with Crippen molar-refractivity contribution >= 4 is 34.7 Å². The minimum absolute atomic E-state index is 0.0774. The molecule has 68 heavy (non-hydrogen) atoms. The monoisotopic (exact) mass is 930 g/mol. The van der Waals surface area contributed by atoms with Crippen molar-refractivity contribution in [2.24, 2.45) is 26.4 Å². The van der Waals surface area contributed by atoms with Gasteiger partial charge in [-0.3, -0.25) is 0 Å². The number of ether oxygens (including phenoxy) is 6. The Labute approximate surface area is 400 Å². The highest BCUT2D eigenvalue weighted by Crippen LogP contribution is 2.36. The number of rotatable bonds is 28. The van der Waals surface area contributed by atoms with Gasteiger partial charge in [-0.05, 0) is 167 Å². The number of unbranched alkanes of at least 4 members (excludes halogenated alkanes) is 6. The largest absolute Gasteiger partial charge is 0.494 e. The van der Waals surface area contributed by atoms with Crippen LogP contribution < -0.4 is 9.47 Å². The van der Waals surface area contributed by atoms with Crippen LogP contribution in [0.15, 0.2) is 119 Å². The van der Waals surface area contributed by atoms with Crippen LogP contribution in [0.3, 0.4) is 0 Å². The fourth-order valence-corrected chi connectivity index (χ4v) is 8.14. The molecule has 362 valence electrons. The molecule has 6 rings (SSSR count). The number of carbonyl (C=O) groups excluding carboxylic acids is 2. The third kappa shape index (κ3) is 16.0. The molecule has 2 saturated heterocycles. The summed E-state index contributed by atoms with van der Waals surface area (Å²) in [7, 11) is 0. The van der Waals surface area contributed by atoms with E-state index >= 15 is 0 Å². The molecule has 0 aliphatic carbocycles. The number of azo groups is 2. The predicted octanol–water partition coefficient (Wildman–Crippen LogP) is 12.6. The van der Waals surface area contributed by atoms with Crippen LogP contribution in [-0.2, 0) is 51.3 Å². The standard InChI is InChI=1S/C54H66N4O10/c1-7-49(59)63-27-15-11-9-13-25-61-46-29-37(3)51(38(4)30-46)57-55-44-21-17-41(18-22-44)33-43-35-65-54-48(36-66-53(43)54)68-67-34-42-19-23-45(24-20-42)56-58-52-39(5)31-47(32-40(52)6)62-26-14-10-12-16-28-64-50(60)8-2/h7-8,17-24,29-32,43,48,53-54H,1-2,9-16,25-28,33-36H2,3-6H3/t43-,48+,53-,54-/m1/s1. The van der Waals surface area contributed by atoms with Gasteiger partial charge >= 0.3 is 11.9 Å². The summed E-state index contributed by atoms with van der Waals surface area (Å²) in [4.78, 5) is 33.8. The van der Waals surface area contributed by atoms with Crippen molar-refractivity contribution in [2.45, 2.75) is 110 Å². The molecule has 4 atom stereocenters. The topological polar surface area (TPSA) is 157 Å². The molecule has 4 aromatic rings. The lowest BCUT2D eigenvalue weighted by atomic mass is 9.94. The molecule has 0 N–H and O–H groups in total. The maximum atomic E-state index is 11.1. The minimum Gasteiger partial charge on any atom is -0.494 e. The smallest absolute Gasteiger partial charge is 0.330 e. The summed E-state index contributed by atoms with van der Waals surface area (Å²) >= 11 is 0. The number of hydrogen-bond acceptors (Lipinski definition) is 14. The summed E-state index contributed by atoms with van der Waals surface area (Å²) < 4.78 is 34.4. The second kappa shape index (κ2) is 27.1. The molecule has 14 nitrogen and oxygen atoms in total. The minimum atomic E-state index is -0.380. The first-order valence-corrected chi connectivity index (χ1v) is 23.7. The van der Waals surface area contributed by atoms with E-state index in [0.717, 1.165) is 120 Å². The highest BCUT2D eigenvalue weighted by molar-refractivity contribution is 5.81. The lowest BCUT2D eigenvalue weighted by Gasteiger charge is -2.16. The van der Waals surface area contributed by atoms with Gasteiger partial charge in [0, 0.05) is 18.1 Å². The number of benzene rings is 4. The van der Waals surface area contributed by atoms with E-state index in [2.05, 4.69) is 45.7 Å². The van der Waals surface area contributed by atoms with Crippen molar-refractivity contribution in [2.75, 3.05) is 39.6 Å². The van der Waals surface area contributed by atoms with E-state index in [1.54, 1.807) is 0 Å². The Morgan fingerprint density at radius 1 is 0.574 bits per heavy atom. The van der Waals surface area contributed by atoms with Crippen LogP contribution >= 0.6 is 0 Å². The molecule has 0 bridgehead atoms. The predicted molar refractivity (Wildman–Crippen MR) is 260 cm³/mol. The van der Waals surface area contributed by atoms with E-state index in [9.17, 15) is 9.59 Å². The van der Waals surface area contributed by atoms with Crippen LogP contribution in [0.4, 0.5) is 22.7 Å². The molecule has 4 aromatic carbocycles. The fraction of sp³-hybridized carbons (Fsp3) is 0.444. The van der Waals surface area contributed by atoms with Crippen LogP contribution in [-0.4, -0.2) is 69.9 Å². The Balaban J connectivity index is 0.870. The summed E-state index contributed by atoms with van der Waals surface area (Å²) in [6.07, 6.45) is 10.0. The number of aryl methyl sites for hydroxylation is 4. The lowest BCUT2D eigenvalue weighted by Crippen LogP contribution is -2.31. The molecule has 0 aromatic heterocycles. The number of carbonyl (C=O) groups is 2. The van der Waals surface area contributed by atoms with Crippen LogP contribution in [0.5, 0.6) is 11.5 Å². The van der Waals surface area contributed by atoms with Crippen LogP contribution in [0.1, 0.15) is 84.7 Å². The van der Waals surface area contributed by atoms with Crippen molar-refractivity contribution in [1.82, 2.24) is 0 Å². The fourth-order valence-electron chi connectivity index (χ4n) is 8.14. The van der Waals surface area contributed by atoms with Gasteiger partial charge in [0.15, 0.2) is 0 Å². The van der Waals surface area contributed by atoms with Gasteiger partial charge < -0.3 is 28.4 Å². The van der Waals surface area contributed by atoms with Crippen molar-refractivity contribution in [3.63, 3.8) is 0 Å². The summed E-state index contributed by atoms with van der Waals surface area (Å²) in [6, 6.07) is 23.8. The Bertz CT molecular complexity index is 2290. The van der Waals surface area contributed by atoms with Gasteiger partial charge in [0.05, 0.1) is 68.5 Å². The molecule has 0 unspecified atom stereocenters. The van der Waals surface area contributed by atoms with E-state index in [1.165, 1.54) is 17.7 Å². The lowest BCUT2D eigenvalue weighted by molar-refractivity contribution is -0.341. The molecule has 2 fully saturated rings. The van der Waals surface area contributed by atoms with Gasteiger partial charge in [0.1, 0.15) is 30.3 Å². The Hall–Kier alpha value is -6.06. The van der Waals surface area contributed by atoms with Gasteiger partial charge in [-0.15, -0.1) is 0 Å². The highest BCUT2D eigenvalue weighted by atomic mass is 17.2. The second-order valence-electron chi connectivity index (χ2n) is 17.3. The number of fused-ring (bicyclic) bond motifs is 1. The number of esters is 2. The van der Waals surface area contributed by atoms with E-state index < -0.39 is 0 Å². The van der Waals surface area contributed by atoms with Gasteiger partial charge in [-0.1, -0.05) is 37.4 Å². The summed E-state index contributed by atoms with van der Waals surface area (Å²) in [5.41, 5.74) is 9.23. The van der Waals surface area contributed by atoms with Crippen molar-refractivity contribution in [1.29, 1.82) is 0 Å². The van der Waals surface area contributed by atoms with E-state index in [0.29, 0.717) is 39.6 Å². The van der Waals surface area contributed by atoms with E-state index in [4.69, 9.17) is 38.2 Å². The Kier molecular flexibility index (Phi) is 20.4. The first-order valence-electron chi connectivity index (χ1n) is 23.7. The third-order valence-electron chi connectivity index (χ3n) is 11.8. The third-order valence-corrected chi connectivity index (χ3v) is 11.8. The molecule has 2 aliphatic heterocycles. The molecule has 0 amide bonds. The zero-order valence-corrected chi connectivity index (χ0v) is 40.0. The van der Waals surface area contributed by atoms with E-state index in [-0.39, 0.29) is 42.8 Å². The summed E-state index contributed by atoms with van der Waals surface area (Å²) in [5, 5.41) is 18.2. The van der Waals surface area contributed by atoms with Crippen LogP contribution in [0.2, 0.25) is 0 Å². The average Bonchev–Trinajstić information content (AvgIpc) is 3.93. The zero-order valence-electron chi connectivity index (χ0n) is 40.0. The SMILES string of the molecule is C=CC(=O)OCCCCCCOc1cc(C)c(N=Nc2ccc(COO[C@H]3CO[C@@H]4[C@H](Cc5ccc(N=Nc6c(C)cc(OCCCCCCOC(=O)C=C)cc6C)cc5)CO[C@@H]43)cc2)c(C)c1. The molecule has 0 spiro atoms. The van der Waals surface area contributed by atoms with Crippen molar-refractivity contribution in [3.8, 4) is 11.5 Å². The molecular weight excluding hydrogens is 865 g/mol. The molecule has 2 heterocycles. The maximum Gasteiger partial charge on any atom is 0.330 e. The number of nitrogens with zero attached hydrogens (tertiary/aromatic N) is 4. The van der Waals surface area contributed by atoms with Gasteiger partial charge in [0.25, 0.3) is 0 Å². The molecule has 0 saturated carbocycles. The Morgan fingerprint density at radius 2 is 1.01 bits per heavy atom. The first-order chi connectivity index (χ1) is 33.1. The van der Waals surface area contributed by atoms with Gasteiger partial charge in [0.2, 0.25) is 0 Å². The van der Waals surface area contributed by atoms with E-state index in [1.807, 2.05) is 88.4 Å². The van der Waals surface area contributed by atoms with Crippen molar-refractivity contribution in [3.05, 3.63) is 131 Å². The maximum absolute atomic E-state index is 11.1. The summed E-state index contributed by atoms with van der Waals surface area (Å²) in [5.74, 6) is 1.07. The normalized spacial score (nSPS) is 17.6. The highest BCUT2D eigenvalue weighted by Gasteiger charge is 2.48. The first kappa shape index (κ1) is 51.3. The Morgan fingerprint density at radius 3 is 1.49 bits per heavy atom. The van der Waals surface area contributed by atoms with Gasteiger partial charge in [-0.2, -0.15) is 20.5 Å². The van der Waals surface area contributed by atoms with Crippen molar-refractivity contribution < 1.29 is 47.8 Å². The molecule has 2 aliphatic rings. The number of hydrogen-bond donors (Lipinski definition) is 0. The molecule has 14 heteroatoms. The summed E-state index contributed by atoms with van der Waals surface area (Å²) in [6.45, 7) is 18.2. The molecular formula is C54H66N4O10. The van der Waals surface area contributed by atoms with Crippen LogP contribution in [0.25, 0.3) is 0 Å².